The molecule has 1 N–H and O–H groups in total. The third-order valence-electron chi connectivity index (χ3n) is 2.60. The Hall–Kier alpha value is -0.960. The van der Waals surface area contributed by atoms with Crippen LogP contribution in [0.1, 0.15) is 23.6 Å². The first kappa shape index (κ1) is 9.59. The average molecular weight is 197 g/mol. The molecule has 14 heavy (non-hydrogen) atoms. The fraction of sp³-hybridized carbons (Fsp3) is 0.455. The monoisotopic (exact) mass is 197 g/mol. The Bertz CT molecular complexity index is 336. The molecule has 0 aliphatic carbocycles. The van der Waals surface area contributed by atoms with Crippen molar-refractivity contribution in [3.63, 3.8) is 0 Å². The zero-order chi connectivity index (χ0) is 10.2. The number of rotatable bonds is 1. The number of hydrogen-bond acceptors (Lipinski definition) is 1. The van der Waals surface area contributed by atoms with Crippen molar-refractivity contribution in [1.82, 2.24) is 5.32 Å². The molecule has 0 radical (unpaired) electrons. The van der Waals surface area contributed by atoms with E-state index in [1.165, 1.54) is 0 Å². The van der Waals surface area contributed by atoms with Gasteiger partial charge < -0.3 is 5.32 Å². The van der Waals surface area contributed by atoms with Crippen LogP contribution in [0.15, 0.2) is 24.3 Å². The molecule has 0 saturated carbocycles. The third-order valence-corrected chi connectivity index (χ3v) is 2.60. The van der Waals surface area contributed by atoms with Crippen LogP contribution in [-0.2, 0) is 0 Å². The number of nitrogens with one attached hydrogen (secondary N) is 1. The Labute approximate surface area is 82.1 Å². The molecule has 2 rings (SSSR count). The first-order valence-corrected chi connectivity index (χ1v) is 4.77. The summed E-state index contributed by atoms with van der Waals surface area (Å²) in [5, 5.41) is 2.84. The summed E-state index contributed by atoms with van der Waals surface area (Å²) in [5.74, 6) is -2.60. The van der Waals surface area contributed by atoms with E-state index in [1.807, 2.05) is 25.1 Å². The van der Waals surface area contributed by atoms with Gasteiger partial charge in [0, 0.05) is 13.0 Å². The van der Waals surface area contributed by atoms with Gasteiger partial charge in [-0.25, -0.2) is 8.78 Å². The van der Waals surface area contributed by atoms with Crippen LogP contribution < -0.4 is 5.32 Å². The van der Waals surface area contributed by atoms with Crippen molar-refractivity contribution in [2.24, 2.45) is 0 Å². The largest absolute Gasteiger partial charge is 0.305 e. The molecule has 0 bridgehead atoms. The Kier molecular flexibility index (Phi) is 2.27. The number of hydrogen-bond donors (Lipinski definition) is 1. The summed E-state index contributed by atoms with van der Waals surface area (Å²) in [4.78, 5) is 0. The molecular formula is C11H13F2N. The van der Waals surface area contributed by atoms with E-state index in [9.17, 15) is 8.78 Å². The number of benzene rings is 1. The smallest absolute Gasteiger partial charge is 0.268 e. The summed E-state index contributed by atoms with van der Waals surface area (Å²) >= 11 is 0. The van der Waals surface area contributed by atoms with E-state index in [0.29, 0.717) is 12.1 Å². The molecule has 1 aliphatic heterocycles. The van der Waals surface area contributed by atoms with E-state index in [-0.39, 0.29) is 6.42 Å². The van der Waals surface area contributed by atoms with Gasteiger partial charge in [-0.2, -0.15) is 0 Å². The van der Waals surface area contributed by atoms with Crippen LogP contribution in [0.5, 0.6) is 0 Å². The molecule has 1 aromatic rings. The molecule has 1 unspecified atom stereocenters. The van der Waals surface area contributed by atoms with Gasteiger partial charge in [0.15, 0.2) is 0 Å². The van der Waals surface area contributed by atoms with Gasteiger partial charge in [0.1, 0.15) is 0 Å². The van der Waals surface area contributed by atoms with E-state index in [2.05, 4.69) is 5.32 Å². The Morgan fingerprint density at radius 3 is 2.79 bits per heavy atom. The van der Waals surface area contributed by atoms with Crippen LogP contribution in [0, 0.1) is 6.92 Å². The van der Waals surface area contributed by atoms with E-state index >= 15 is 0 Å². The van der Waals surface area contributed by atoms with Crippen LogP contribution in [0.2, 0.25) is 0 Å². The Balaban J connectivity index is 2.31. The van der Waals surface area contributed by atoms with Gasteiger partial charge in [0.05, 0.1) is 6.04 Å². The van der Waals surface area contributed by atoms with Gasteiger partial charge in [-0.15, -0.1) is 0 Å². The lowest BCUT2D eigenvalue weighted by atomic mass is 10.0. The fourth-order valence-electron chi connectivity index (χ4n) is 1.89. The van der Waals surface area contributed by atoms with Crippen LogP contribution in [-0.4, -0.2) is 12.5 Å². The third kappa shape index (κ3) is 1.64. The summed E-state index contributed by atoms with van der Waals surface area (Å²) in [6.45, 7) is 2.31. The number of alkyl halides is 2. The Morgan fingerprint density at radius 2 is 2.21 bits per heavy atom. The van der Waals surface area contributed by atoms with Crippen molar-refractivity contribution in [2.75, 3.05) is 6.54 Å². The van der Waals surface area contributed by atoms with Gasteiger partial charge in [0.25, 0.3) is 5.92 Å². The molecule has 1 aliphatic rings. The van der Waals surface area contributed by atoms with Crippen LogP contribution in [0.4, 0.5) is 8.78 Å². The predicted molar refractivity (Wildman–Crippen MR) is 51.5 cm³/mol. The maximum absolute atomic E-state index is 13.4. The second kappa shape index (κ2) is 3.31. The summed E-state index contributed by atoms with van der Waals surface area (Å²) in [6.07, 6.45) is -0.0639. The first-order chi connectivity index (χ1) is 6.59. The van der Waals surface area contributed by atoms with Gasteiger partial charge in [-0.05, 0) is 12.5 Å². The molecule has 0 aromatic heterocycles. The molecule has 0 spiro atoms. The van der Waals surface area contributed by atoms with Crippen molar-refractivity contribution in [1.29, 1.82) is 0 Å². The normalized spacial score (nSPS) is 25.2. The lowest BCUT2D eigenvalue weighted by Crippen LogP contribution is -2.26. The number of halogens is 2. The van der Waals surface area contributed by atoms with Crippen molar-refractivity contribution in [3.8, 4) is 0 Å². The zero-order valence-electron chi connectivity index (χ0n) is 8.06. The highest BCUT2D eigenvalue weighted by Crippen LogP contribution is 2.38. The minimum Gasteiger partial charge on any atom is -0.305 e. The Morgan fingerprint density at radius 1 is 1.43 bits per heavy atom. The van der Waals surface area contributed by atoms with Gasteiger partial charge in [0.2, 0.25) is 0 Å². The fourth-order valence-corrected chi connectivity index (χ4v) is 1.89. The van der Waals surface area contributed by atoms with E-state index in [1.54, 1.807) is 6.07 Å². The molecule has 76 valence electrons. The standard InChI is InChI=1S/C11H13F2N/c1-8-3-2-4-9(7-8)10-11(12,13)5-6-14-10/h2-4,7,10,14H,5-6H2,1H3. The highest BCUT2D eigenvalue weighted by atomic mass is 19.3. The second-order valence-electron chi connectivity index (χ2n) is 3.81. The van der Waals surface area contributed by atoms with Crippen LogP contribution in [0.3, 0.4) is 0 Å². The van der Waals surface area contributed by atoms with Gasteiger partial charge >= 0.3 is 0 Å². The maximum atomic E-state index is 13.4. The summed E-state index contributed by atoms with van der Waals surface area (Å²) in [5.41, 5.74) is 1.71. The molecule has 1 aromatic carbocycles. The minimum atomic E-state index is -2.60. The first-order valence-electron chi connectivity index (χ1n) is 4.77. The quantitative estimate of drug-likeness (QED) is 0.729. The molecule has 1 fully saturated rings. The summed E-state index contributed by atoms with van der Waals surface area (Å²) in [6, 6.07) is 6.50. The van der Waals surface area contributed by atoms with Gasteiger partial charge in [-0.3, -0.25) is 0 Å². The molecular weight excluding hydrogens is 184 g/mol. The highest BCUT2D eigenvalue weighted by Gasteiger charge is 2.44. The maximum Gasteiger partial charge on any atom is 0.268 e. The van der Waals surface area contributed by atoms with Crippen molar-refractivity contribution in [3.05, 3.63) is 35.4 Å². The number of aryl methyl sites for hydroxylation is 1. The minimum absolute atomic E-state index is 0.0639. The average Bonchev–Trinajstić information content (AvgIpc) is 2.45. The lowest BCUT2D eigenvalue weighted by Gasteiger charge is -2.19. The van der Waals surface area contributed by atoms with E-state index in [0.717, 1.165) is 5.56 Å². The van der Waals surface area contributed by atoms with Crippen LogP contribution >= 0.6 is 0 Å². The van der Waals surface area contributed by atoms with E-state index < -0.39 is 12.0 Å². The second-order valence-corrected chi connectivity index (χ2v) is 3.81. The molecule has 3 heteroatoms. The molecule has 1 saturated heterocycles. The zero-order valence-corrected chi connectivity index (χ0v) is 8.06. The summed E-state index contributed by atoms with van der Waals surface area (Å²) < 4.78 is 26.7. The van der Waals surface area contributed by atoms with E-state index in [4.69, 9.17) is 0 Å². The molecule has 1 nitrogen and oxygen atoms in total. The highest BCUT2D eigenvalue weighted by molar-refractivity contribution is 5.27. The predicted octanol–water partition coefficient (Wildman–Crippen LogP) is 2.66. The topological polar surface area (TPSA) is 12.0 Å². The molecule has 1 heterocycles. The van der Waals surface area contributed by atoms with Crippen molar-refractivity contribution in [2.45, 2.75) is 25.3 Å². The molecule has 0 amide bonds. The molecule has 1 atom stereocenters. The van der Waals surface area contributed by atoms with Crippen molar-refractivity contribution >= 4 is 0 Å². The lowest BCUT2D eigenvalue weighted by molar-refractivity contribution is -0.0117. The van der Waals surface area contributed by atoms with Crippen LogP contribution in [0.25, 0.3) is 0 Å². The van der Waals surface area contributed by atoms with Crippen molar-refractivity contribution < 1.29 is 8.78 Å². The SMILES string of the molecule is Cc1cccc(C2NCCC2(F)F)c1. The van der Waals surface area contributed by atoms with Gasteiger partial charge in [-0.1, -0.05) is 29.8 Å². The summed E-state index contributed by atoms with van der Waals surface area (Å²) in [7, 11) is 0.